The Morgan fingerprint density at radius 3 is 2.95 bits per heavy atom. The van der Waals surface area contributed by atoms with Crippen molar-refractivity contribution in [1.82, 2.24) is 10.9 Å². The van der Waals surface area contributed by atoms with E-state index in [9.17, 15) is 9.59 Å². The third-order valence-electron chi connectivity index (χ3n) is 3.20. The maximum atomic E-state index is 11.7. The predicted molar refractivity (Wildman–Crippen MR) is 86.2 cm³/mol. The summed E-state index contributed by atoms with van der Waals surface area (Å²) in [6.45, 7) is 1.75. The number of nitrogens with one attached hydrogen (secondary N) is 2. The first kappa shape index (κ1) is 16.5. The molecule has 1 heterocycles. The number of hydrogen-bond acceptors (Lipinski definition) is 4. The Kier molecular flexibility index (Phi) is 5.51. The summed E-state index contributed by atoms with van der Waals surface area (Å²) in [5.74, 6) is -0.821. The number of carbonyl (C=O) groups excluding carboxylic acids is 2. The lowest BCUT2D eigenvalue weighted by Gasteiger charge is -2.06. The zero-order valence-electron chi connectivity index (χ0n) is 11.8. The van der Waals surface area contributed by atoms with Gasteiger partial charge in [0.05, 0.1) is 22.2 Å². The van der Waals surface area contributed by atoms with Crippen molar-refractivity contribution in [2.75, 3.05) is 0 Å². The maximum absolute atomic E-state index is 11.7. The van der Waals surface area contributed by atoms with Gasteiger partial charge in [0.2, 0.25) is 11.8 Å². The molecule has 0 spiro atoms. The molecule has 1 aromatic rings. The summed E-state index contributed by atoms with van der Waals surface area (Å²) in [7, 11) is 0. The molecular formula is C14H14Cl2N4O2. The van der Waals surface area contributed by atoms with E-state index in [1.165, 1.54) is 6.21 Å². The van der Waals surface area contributed by atoms with Gasteiger partial charge in [-0.15, -0.1) is 0 Å². The summed E-state index contributed by atoms with van der Waals surface area (Å²) in [5, 5.41) is 8.44. The van der Waals surface area contributed by atoms with Crippen LogP contribution in [0, 0.1) is 5.92 Å². The molecule has 0 saturated carbocycles. The van der Waals surface area contributed by atoms with Crippen LogP contribution in [0.3, 0.4) is 0 Å². The van der Waals surface area contributed by atoms with E-state index in [4.69, 9.17) is 23.2 Å². The smallest absolute Gasteiger partial charge is 0.248 e. The fourth-order valence-electron chi connectivity index (χ4n) is 1.95. The van der Waals surface area contributed by atoms with Gasteiger partial charge in [-0.3, -0.25) is 9.59 Å². The van der Waals surface area contributed by atoms with Crippen molar-refractivity contribution in [2.45, 2.75) is 19.8 Å². The van der Waals surface area contributed by atoms with Crippen LogP contribution in [-0.2, 0) is 9.59 Å². The van der Waals surface area contributed by atoms with Crippen LogP contribution in [-0.4, -0.2) is 23.7 Å². The van der Waals surface area contributed by atoms with Gasteiger partial charge in [0.15, 0.2) is 0 Å². The Balaban J connectivity index is 1.83. The van der Waals surface area contributed by atoms with E-state index < -0.39 is 0 Å². The fraction of sp³-hybridized carbons (Fsp3) is 0.286. The lowest BCUT2D eigenvalue weighted by Crippen LogP contribution is -2.25. The van der Waals surface area contributed by atoms with Crippen LogP contribution in [0.4, 0.5) is 0 Å². The van der Waals surface area contributed by atoms with Gasteiger partial charge < -0.3 is 0 Å². The number of rotatable bonds is 5. The largest absolute Gasteiger partial charge is 0.273 e. The Hall–Kier alpha value is -1.92. The predicted octanol–water partition coefficient (Wildman–Crippen LogP) is 2.35. The minimum atomic E-state index is -0.350. The molecule has 0 fully saturated rings. The summed E-state index contributed by atoms with van der Waals surface area (Å²) in [6.07, 6.45) is 1.98. The molecule has 0 saturated heterocycles. The molecule has 1 aliphatic rings. The number of hydrogen-bond donors (Lipinski definition) is 2. The van der Waals surface area contributed by atoms with Gasteiger partial charge in [-0.25, -0.2) is 10.9 Å². The first-order chi connectivity index (χ1) is 10.5. The highest BCUT2D eigenvalue weighted by Gasteiger charge is 2.26. The van der Waals surface area contributed by atoms with Gasteiger partial charge in [-0.1, -0.05) is 35.3 Å². The fourth-order valence-corrected chi connectivity index (χ4v) is 2.31. The molecule has 0 radical (unpaired) electrons. The van der Waals surface area contributed by atoms with Crippen molar-refractivity contribution in [3.63, 3.8) is 0 Å². The van der Waals surface area contributed by atoms with Crippen LogP contribution in [0.5, 0.6) is 0 Å². The minimum Gasteiger partial charge on any atom is -0.273 e. The normalized spacial score (nSPS) is 17.5. The third-order valence-corrected chi connectivity index (χ3v) is 4.03. The Morgan fingerprint density at radius 2 is 2.27 bits per heavy atom. The van der Waals surface area contributed by atoms with E-state index in [1.54, 1.807) is 25.1 Å². The Labute approximate surface area is 137 Å². The Morgan fingerprint density at radius 1 is 1.50 bits per heavy atom. The average molecular weight is 341 g/mol. The van der Waals surface area contributed by atoms with Crippen LogP contribution in [0.15, 0.2) is 28.4 Å². The number of carbonyl (C=O) groups is 2. The van der Waals surface area contributed by atoms with E-state index in [1.807, 2.05) is 0 Å². The molecule has 0 aliphatic carbocycles. The molecule has 2 amide bonds. The third kappa shape index (κ3) is 4.05. The molecule has 1 aliphatic heterocycles. The number of hydrazone groups is 2. The highest BCUT2D eigenvalue weighted by molar-refractivity contribution is 6.43. The SMILES string of the molecule is CC1=NNC(=O)C1CCC(=O)NN=Cc1cccc(Cl)c1Cl. The van der Waals surface area contributed by atoms with Crippen molar-refractivity contribution in [3.8, 4) is 0 Å². The first-order valence-electron chi connectivity index (χ1n) is 6.59. The lowest BCUT2D eigenvalue weighted by molar-refractivity contribution is -0.123. The number of nitrogens with zero attached hydrogens (tertiary/aromatic N) is 2. The van der Waals surface area contributed by atoms with Crippen LogP contribution < -0.4 is 10.9 Å². The van der Waals surface area contributed by atoms with Gasteiger partial charge in [0.25, 0.3) is 0 Å². The molecule has 1 unspecified atom stereocenters. The van der Waals surface area contributed by atoms with E-state index in [0.717, 1.165) is 0 Å². The second kappa shape index (κ2) is 7.38. The average Bonchev–Trinajstić information content (AvgIpc) is 2.80. The highest BCUT2D eigenvalue weighted by Crippen LogP contribution is 2.24. The van der Waals surface area contributed by atoms with Gasteiger partial charge in [-0.2, -0.15) is 10.2 Å². The summed E-state index contributed by atoms with van der Waals surface area (Å²) in [4.78, 5) is 23.2. The molecule has 0 bridgehead atoms. The van der Waals surface area contributed by atoms with Crippen LogP contribution in [0.2, 0.25) is 10.0 Å². The number of amides is 2. The number of benzene rings is 1. The van der Waals surface area contributed by atoms with Crippen LogP contribution >= 0.6 is 23.2 Å². The zero-order chi connectivity index (χ0) is 16.1. The van der Waals surface area contributed by atoms with Crippen molar-refractivity contribution >= 4 is 46.9 Å². The van der Waals surface area contributed by atoms with E-state index in [2.05, 4.69) is 21.1 Å². The molecule has 1 atom stereocenters. The van der Waals surface area contributed by atoms with Gasteiger partial charge in [0, 0.05) is 17.7 Å². The first-order valence-corrected chi connectivity index (χ1v) is 7.34. The van der Waals surface area contributed by atoms with E-state index >= 15 is 0 Å². The van der Waals surface area contributed by atoms with Crippen molar-refractivity contribution in [2.24, 2.45) is 16.1 Å². The summed E-state index contributed by atoms with van der Waals surface area (Å²) < 4.78 is 0. The molecule has 22 heavy (non-hydrogen) atoms. The Bertz CT molecular complexity index is 658. The van der Waals surface area contributed by atoms with Gasteiger partial charge in [-0.05, 0) is 19.4 Å². The van der Waals surface area contributed by atoms with E-state index in [-0.39, 0.29) is 24.2 Å². The summed E-state index contributed by atoms with van der Waals surface area (Å²) >= 11 is 11.9. The second-order valence-electron chi connectivity index (χ2n) is 4.76. The quantitative estimate of drug-likeness (QED) is 0.637. The van der Waals surface area contributed by atoms with E-state index in [0.29, 0.717) is 27.7 Å². The number of halogens is 2. The van der Waals surface area contributed by atoms with Crippen molar-refractivity contribution < 1.29 is 9.59 Å². The lowest BCUT2D eigenvalue weighted by atomic mass is 9.99. The molecule has 8 heteroatoms. The van der Waals surface area contributed by atoms with Crippen LogP contribution in [0.25, 0.3) is 0 Å². The molecule has 116 valence electrons. The topological polar surface area (TPSA) is 82.9 Å². The van der Waals surface area contributed by atoms with Gasteiger partial charge >= 0.3 is 0 Å². The van der Waals surface area contributed by atoms with Gasteiger partial charge in [0.1, 0.15) is 0 Å². The monoisotopic (exact) mass is 340 g/mol. The zero-order valence-corrected chi connectivity index (χ0v) is 13.3. The van der Waals surface area contributed by atoms with Crippen molar-refractivity contribution in [3.05, 3.63) is 33.8 Å². The minimum absolute atomic E-state index is 0.172. The van der Waals surface area contributed by atoms with Crippen LogP contribution in [0.1, 0.15) is 25.3 Å². The molecular weight excluding hydrogens is 327 g/mol. The molecule has 2 N–H and O–H groups in total. The maximum Gasteiger partial charge on any atom is 0.248 e. The molecule has 6 nitrogen and oxygen atoms in total. The summed E-state index contributed by atoms with van der Waals surface area (Å²) in [6, 6.07) is 5.13. The van der Waals surface area contributed by atoms with Crippen molar-refractivity contribution in [1.29, 1.82) is 0 Å². The molecule has 2 rings (SSSR count). The molecule has 0 aromatic heterocycles. The highest BCUT2D eigenvalue weighted by atomic mass is 35.5. The second-order valence-corrected chi connectivity index (χ2v) is 5.54. The summed E-state index contributed by atoms with van der Waals surface area (Å²) in [5.41, 5.74) is 6.06. The molecule has 1 aromatic carbocycles. The standard InChI is InChI=1S/C14H14Cl2N4O2/c1-8-10(14(22)20-18-8)5-6-12(21)19-17-7-9-3-2-4-11(15)13(9)16/h2-4,7,10H,5-6H2,1H3,(H,19,21)(H,20,22).